The first-order valence-electron chi connectivity index (χ1n) is 3.08. The van der Waals surface area contributed by atoms with Crippen LogP contribution in [-0.2, 0) is 10.7 Å². The van der Waals surface area contributed by atoms with Gasteiger partial charge in [0.2, 0.25) is 0 Å². The lowest BCUT2D eigenvalue weighted by atomic mass is 10.5. The minimum atomic E-state index is -4.05. The van der Waals surface area contributed by atoms with Gasteiger partial charge in [0.05, 0.1) is 24.2 Å². The molecule has 0 saturated carbocycles. The summed E-state index contributed by atoms with van der Waals surface area (Å²) in [6.45, 7) is 0. The first-order chi connectivity index (χ1) is 5.47. The molecular weight excluding hydrogens is 181 g/mol. The van der Waals surface area contributed by atoms with Gasteiger partial charge in [-0.15, -0.1) is 0 Å². The van der Waals surface area contributed by atoms with Gasteiger partial charge >= 0.3 is 7.60 Å². The van der Waals surface area contributed by atoms with E-state index < -0.39 is 13.8 Å². The molecule has 0 spiro atoms. The zero-order valence-electron chi connectivity index (χ0n) is 6.08. The SMILES string of the molecule is Nc1cnc(CP(=O)(O)O)cn1. The third kappa shape index (κ3) is 2.96. The summed E-state index contributed by atoms with van der Waals surface area (Å²) >= 11 is 0. The number of nitrogens with two attached hydrogens (primary N) is 1. The zero-order valence-corrected chi connectivity index (χ0v) is 6.98. The first kappa shape index (κ1) is 9.12. The minimum Gasteiger partial charge on any atom is -0.382 e. The number of nitrogen functional groups attached to an aromatic ring is 1. The molecule has 4 N–H and O–H groups in total. The summed E-state index contributed by atoms with van der Waals surface area (Å²) in [5, 5.41) is 0. The second kappa shape index (κ2) is 3.18. The summed E-state index contributed by atoms with van der Waals surface area (Å²) in [6, 6.07) is 0. The second-order valence-corrected chi connectivity index (χ2v) is 3.90. The Morgan fingerprint density at radius 1 is 1.42 bits per heavy atom. The molecule has 6 nitrogen and oxygen atoms in total. The van der Waals surface area contributed by atoms with Crippen LogP contribution in [0.5, 0.6) is 0 Å². The fraction of sp³-hybridized carbons (Fsp3) is 0.200. The largest absolute Gasteiger partial charge is 0.382 e. The van der Waals surface area contributed by atoms with E-state index in [0.717, 1.165) is 0 Å². The standard InChI is InChI=1S/C5H8N3O3P/c6-5-2-7-4(1-8-5)3-12(9,10)11/h1-2H,3H2,(H2,6,8)(H2,9,10,11). The van der Waals surface area contributed by atoms with E-state index in [-0.39, 0.29) is 11.5 Å². The second-order valence-electron chi connectivity index (χ2n) is 2.26. The van der Waals surface area contributed by atoms with E-state index in [1.807, 2.05) is 0 Å². The highest BCUT2D eigenvalue weighted by Gasteiger charge is 2.14. The Balaban J connectivity index is 2.78. The van der Waals surface area contributed by atoms with Crippen LogP contribution in [0.25, 0.3) is 0 Å². The van der Waals surface area contributed by atoms with E-state index in [1.54, 1.807) is 0 Å². The maximum Gasteiger partial charge on any atom is 0.331 e. The highest BCUT2D eigenvalue weighted by atomic mass is 31.2. The predicted octanol–water partition coefficient (Wildman–Crippen LogP) is -0.263. The highest BCUT2D eigenvalue weighted by molar-refractivity contribution is 7.50. The van der Waals surface area contributed by atoms with Gasteiger partial charge in [-0.2, -0.15) is 0 Å². The van der Waals surface area contributed by atoms with Crippen LogP contribution in [0.1, 0.15) is 5.69 Å². The van der Waals surface area contributed by atoms with Crippen molar-refractivity contribution < 1.29 is 14.4 Å². The molecule has 12 heavy (non-hydrogen) atoms. The van der Waals surface area contributed by atoms with Gasteiger partial charge in [0, 0.05) is 0 Å². The van der Waals surface area contributed by atoms with E-state index in [9.17, 15) is 4.57 Å². The van der Waals surface area contributed by atoms with Crippen LogP contribution < -0.4 is 5.73 Å². The van der Waals surface area contributed by atoms with Gasteiger partial charge < -0.3 is 15.5 Å². The summed E-state index contributed by atoms with van der Waals surface area (Å²) in [6.07, 6.45) is 2.10. The summed E-state index contributed by atoms with van der Waals surface area (Å²) in [4.78, 5) is 24.4. The first-order valence-corrected chi connectivity index (χ1v) is 4.88. The summed E-state index contributed by atoms with van der Waals surface area (Å²) in [7, 11) is -4.05. The lowest BCUT2D eigenvalue weighted by Gasteiger charge is -2.01. The number of hydrogen-bond donors (Lipinski definition) is 3. The number of aromatic nitrogens is 2. The van der Waals surface area contributed by atoms with Crippen molar-refractivity contribution in [3.05, 3.63) is 18.1 Å². The molecular formula is C5H8N3O3P. The molecule has 0 aliphatic heterocycles. The molecule has 0 radical (unpaired) electrons. The molecule has 1 heterocycles. The van der Waals surface area contributed by atoms with Gasteiger partial charge in [0.15, 0.2) is 0 Å². The summed E-state index contributed by atoms with van der Waals surface area (Å²) < 4.78 is 10.5. The molecule has 66 valence electrons. The molecule has 1 aromatic rings. The number of nitrogens with zero attached hydrogens (tertiary/aromatic N) is 2. The molecule has 0 saturated heterocycles. The lowest BCUT2D eigenvalue weighted by Crippen LogP contribution is -1.96. The average Bonchev–Trinajstić information content (AvgIpc) is 1.91. The quantitative estimate of drug-likeness (QED) is 0.552. The topological polar surface area (TPSA) is 109 Å². The van der Waals surface area contributed by atoms with Crippen molar-refractivity contribution in [1.29, 1.82) is 0 Å². The Kier molecular flexibility index (Phi) is 2.42. The van der Waals surface area contributed by atoms with Gasteiger partial charge in [-0.3, -0.25) is 9.55 Å². The minimum absolute atomic E-state index is 0.226. The predicted molar refractivity (Wildman–Crippen MR) is 42.2 cm³/mol. The van der Waals surface area contributed by atoms with Crippen LogP contribution >= 0.6 is 7.60 Å². The molecule has 1 aromatic heterocycles. The van der Waals surface area contributed by atoms with Gasteiger partial charge in [0.25, 0.3) is 0 Å². The third-order valence-electron chi connectivity index (χ3n) is 1.09. The van der Waals surface area contributed by atoms with Crippen molar-refractivity contribution in [3.8, 4) is 0 Å². The van der Waals surface area contributed by atoms with Crippen molar-refractivity contribution in [3.63, 3.8) is 0 Å². The number of rotatable bonds is 2. The van der Waals surface area contributed by atoms with Crippen LogP contribution in [0.3, 0.4) is 0 Å². The molecule has 0 aliphatic rings. The maximum absolute atomic E-state index is 10.5. The van der Waals surface area contributed by atoms with E-state index in [1.165, 1.54) is 12.4 Å². The Morgan fingerprint density at radius 2 is 2.08 bits per heavy atom. The summed E-state index contributed by atoms with van der Waals surface area (Å²) in [5.41, 5.74) is 5.46. The number of hydrogen-bond acceptors (Lipinski definition) is 4. The van der Waals surface area contributed by atoms with E-state index >= 15 is 0 Å². The van der Waals surface area contributed by atoms with Crippen LogP contribution in [0.4, 0.5) is 5.82 Å². The molecule has 0 unspecified atom stereocenters. The van der Waals surface area contributed by atoms with Gasteiger partial charge in [-0.05, 0) is 0 Å². The third-order valence-corrected chi connectivity index (χ3v) is 1.83. The molecule has 1 rings (SSSR count). The van der Waals surface area contributed by atoms with Gasteiger partial charge in [-0.1, -0.05) is 0 Å². The molecule has 0 atom stereocenters. The van der Waals surface area contributed by atoms with Crippen molar-refractivity contribution in [1.82, 2.24) is 9.97 Å². The van der Waals surface area contributed by atoms with Crippen molar-refractivity contribution in [2.45, 2.75) is 6.16 Å². The lowest BCUT2D eigenvalue weighted by molar-refractivity contribution is 0.371. The fourth-order valence-electron chi connectivity index (χ4n) is 0.657. The summed E-state index contributed by atoms with van der Waals surface area (Å²) in [5.74, 6) is 0.226. The molecule has 0 bridgehead atoms. The maximum atomic E-state index is 10.5. The van der Waals surface area contributed by atoms with Crippen molar-refractivity contribution in [2.75, 3.05) is 5.73 Å². The van der Waals surface area contributed by atoms with Crippen LogP contribution in [0.2, 0.25) is 0 Å². The van der Waals surface area contributed by atoms with Gasteiger partial charge in [-0.25, -0.2) is 4.98 Å². The highest BCUT2D eigenvalue weighted by Crippen LogP contribution is 2.38. The Bertz CT molecular complexity index is 306. The van der Waals surface area contributed by atoms with Crippen LogP contribution in [0.15, 0.2) is 12.4 Å². The number of anilines is 1. The molecule has 0 fully saturated rings. The van der Waals surface area contributed by atoms with E-state index in [2.05, 4.69) is 9.97 Å². The Hall–Kier alpha value is -0.970. The normalized spacial score (nSPS) is 11.5. The monoisotopic (exact) mass is 189 g/mol. The smallest absolute Gasteiger partial charge is 0.331 e. The van der Waals surface area contributed by atoms with E-state index in [0.29, 0.717) is 0 Å². The van der Waals surface area contributed by atoms with Crippen molar-refractivity contribution in [2.24, 2.45) is 0 Å². The van der Waals surface area contributed by atoms with E-state index in [4.69, 9.17) is 15.5 Å². The Labute approximate surface area is 68.6 Å². The molecule has 0 aromatic carbocycles. The fourth-order valence-corrected chi connectivity index (χ4v) is 1.24. The molecule has 7 heteroatoms. The van der Waals surface area contributed by atoms with Crippen molar-refractivity contribution >= 4 is 13.4 Å². The Morgan fingerprint density at radius 3 is 2.50 bits per heavy atom. The molecule has 0 amide bonds. The molecule has 0 aliphatic carbocycles. The van der Waals surface area contributed by atoms with Crippen LogP contribution in [-0.4, -0.2) is 19.8 Å². The van der Waals surface area contributed by atoms with Gasteiger partial charge in [0.1, 0.15) is 5.82 Å². The average molecular weight is 189 g/mol. The van der Waals surface area contributed by atoms with Crippen LogP contribution in [0, 0.1) is 0 Å². The zero-order chi connectivity index (χ0) is 9.19.